The first-order valence-electron chi connectivity index (χ1n) is 5.56. The van der Waals surface area contributed by atoms with Crippen LogP contribution in [0.3, 0.4) is 0 Å². The fourth-order valence-corrected chi connectivity index (χ4v) is 2.57. The van der Waals surface area contributed by atoms with Crippen molar-refractivity contribution in [3.05, 3.63) is 36.2 Å². The van der Waals surface area contributed by atoms with Crippen LogP contribution in [0.15, 0.2) is 35.5 Å². The van der Waals surface area contributed by atoms with E-state index < -0.39 is 16.0 Å². The molecule has 1 aromatic heterocycles. The molecule has 0 bridgehead atoms. The fraction of sp³-hybridized carbons (Fsp3) is 0.182. The van der Waals surface area contributed by atoms with E-state index in [-0.39, 0.29) is 17.3 Å². The van der Waals surface area contributed by atoms with Gasteiger partial charge < -0.3 is 5.11 Å². The summed E-state index contributed by atoms with van der Waals surface area (Å²) in [5.41, 5.74) is 0.523. The second kappa shape index (κ2) is 5.29. The molecule has 0 atom stereocenters. The fourth-order valence-electron chi connectivity index (χ4n) is 1.53. The van der Waals surface area contributed by atoms with E-state index in [9.17, 15) is 13.2 Å². The molecule has 0 saturated carbocycles. The van der Waals surface area contributed by atoms with Crippen molar-refractivity contribution in [1.82, 2.24) is 14.8 Å². The number of hydrogen-bond acceptors (Lipinski definition) is 5. The van der Waals surface area contributed by atoms with E-state index in [0.717, 1.165) is 0 Å². The third-order valence-electron chi connectivity index (χ3n) is 2.53. The minimum Gasteiger partial charge on any atom is -0.481 e. The smallest absolute Gasteiger partial charge is 0.307 e. The number of aryl methyl sites for hydroxylation is 1. The van der Waals surface area contributed by atoms with Crippen LogP contribution in [0, 0.1) is 0 Å². The predicted molar refractivity (Wildman–Crippen MR) is 69.6 cm³/mol. The monoisotopic (exact) mass is 296 g/mol. The van der Waals surface area contributed by atoms with Gasteiger partial charge in [0.2, 0.25) is 5.95 Å². The van der Waals surface area contributed by atoms with Crippen molar-refractivity contribution in [3.63, 3.8) is 0 Å². The first-order chi connectivity index (χ1) is 9.38. The molecule has 2 rings (SSSR count). The third kappa shape index (κ3) is 3.12. The molecular weight excluding hydrogens is 284 g/mol. The first kappa shape index (κ1) is 14.0. The maximum absolute atomic E-state index is 12.1. The molecule has 0 aliphatic heterocycles. The lowest BCUT2D eigenvalue weighted by molar-refractivity contribution is -0.136. The average Bonchev–Trinajstić information content (AvgIpc) is 2.74. The number of aliphatic carboxylic acids is 1. The number of aromatic nitrogens is 3. The number of nitrogens with one attached hydrogen (secondary N) is 1. The van der Waals surface area contributed by atoms with Gasteiger partial charge in [-0.05, 0) is 17.7 Å². The molecule has 2 N–H and O–H groups in total. The van der Waals surface area contributed by atoms with E-state index in [1.54, 1.807) is 7.05 Å². The van der Waals surface area contributed by atoms with Crippen molar-refractivity contribution >= 4 is 21.9 Å². The second-order valence-corrected chi connectivity index (χ2v) is 5.71. The number of anilines is 1. The van der Waals surface area contributed by atoms with Gasteiger partial charge >= 0.3 is 5.97 Å². The molecule has 9 heteroatoms. The molecule has 8 nitrogen and oxygen atoms in total. The molecule has 0 aliphatic carbocycles. The van der Waals surface area contributed by atoms with Gasteiger partial charge in [0, 0.05) is 7.05 Å². The van der Waals surface area contributed by atoms with E-state index in [0.29, 0.717) is 5.56 Å². The summed E-state index contributed by atoms with van der Waals surface area (Å²) in [4.78, 5) is 14.3. The van der Waals surface area contributed by atoms with Crippen LogP contribution in [0.1, 0.15) is 5.56 Å². The van der Waals surface area contributed by atoms with Crippen molar-refractivity contribution in [2.75, 3.05) is 4.72 Å². The minimum absolute atomic E-state index is 0.0228. The van der Waals surface area contributed by atoms with E-state index >= 15 is 0 Å². The van der Waals surface area contributed by atoms with Crippen LogP contribution >= 0.6 is 0 Å². The van der Waals surface area contributed by atoms with Crippen molar-refractivity contribution < 1.29 is 18.3 Å². The molecule has 0 spiro atoms. The topological polar surface area (TPSA) is 114 Å². The molecular formula is C11H12N4O4S. The summed E-state index contributed by atoms with van der Waals surface area (Å²) in [5, 5.41) is 12.4. The Labute approximate surface area is 115 Å². The van der Waals surface area contributed by atoms with Crippen LogP contribution in [-0.4, -0.2) is 34.3 Å². The maximum atomic E-state index is 12.1. The summed E-state index contributed by atoms with van der Waals surface area (Å²) in [6, 6.07) is 5.60. The van der Waals surface area contributed by atoms with E-state index in [4.69, 9.17) is 5.11 Å². The molecule has 106 valence electrons. The van der Waals surface area contributed by atoms with Gasteiger partial charge in [-0.15, -0.1) is 0 Å². The van der Waals surface area contributed by atoms with Crippen molar-refractivity contribution in [2.24, 2.45) is 7.05 Å². The number of benzene rings is 1. The van der Waals surface area contributed by atoms with Crippen molar-refractivity contribution in [1.29, 1.82) is 0 Å². The number of rotatable bonds is 5. The van der Waals surface area contributed by atoms with Gasteiger partial charge in [0.15, 0.2) is 0 Å². The van der Waals surface area contributed by atoms with E-state index in [1.165, 1.54) is 35.3 Å². The number of carboxylic acids is 1. The molecule has 0 amide bonds. The SMILES string of the molecule is Cn1ncnc1NS(=O)(=O)c1ccc(CC(=O)O)cc1. The lowest BCUT2D eigenvalue weighted by atomic mass is 10.2. The summed E-state index contributed by atoms with van der Waals surface area (Å²) < 4.78 is 27.7. The maximum Gasteiger partial charge on any atom is 0.307 e. The highest BCUT2D eigenvalue weighted by Gasteiger charge is 2.16. The summed E-state index contributed by atoms with van der Waals surface area (Å²) >= 11 is 0. The first-order valence-corrected chi connectivity index (χ1v) is 7.04. The van der Waals surface area contributed by atoms with Gasteiger partial charge in [0.05, 0.1) is 11.3 Å². The van der Waals surface area contributed by atoms with Crippen molar-refractivity contribution in [3.8, 4) is 0 Å². The van der Waals surface area contributed by atoms with Gasteiger partial charge in [-0.2, -0.15) is 10.1 Å². The molecule has 0 aliphatic rings. The number of carboxylic acid groups (broad SMARTS) is 1. The molecule has 0 fully saturated rings. The molecule has 1 heterocycles. The highest BCUT2D eigenvalue weighted by atomic mass is 32.2. The summed E-state index contributed by atoms with van der Waals surface area (Å²) in [6.45, 7) is 0. The minimum atomic E-state index is -3.77. The zero-order valence-corrected chi connectivity index (χ0v) is 11.3. The van der Waals surface area contributed by atoms with Gasteiger partial charge in [-0.25, -0.2) is 17.8 Å². The Hall–Kier alpha value is -2.42. The quantitative estimate of drug-likeness (QED) is 0.817. The molecule has 1 aromatic carbocycles. The normalized spacial score (nSPS) is 11.2. The van der Waals surface area contributed by atoms with Gasteiger partial charge in [-0.3, -0.25) is 4.79 Å². The largest absolute Gasteiger partial charge is 0.481 e. The highest BCUT2D eigenvalue weighted by molar-refractivity contribution is 7.92. The molecule has 0 unspecified atom stereocenters. The zero-order chi connectivity index (χ0) is 14.8. The Morgan fingerprint density at radius 2 is 2.00 bits per heavy atom. The summed E-state index contributed by atoms with van der Waals surface area (Å²) in [5.74, 6) is -0.877. The van der Waals surface area contributed by atoms with Crippen LogP contribution in [0.5, 0.6) is 0 Å². The molecule has 0 saturated heterocycles. The predicted octanol–water partition coefficient (Wildman–Crippen LogP) is 0.243. The Morgan fingerprint density at radius 1 is 1.35 bits per heavy atom. The second-order valence-electron chi connectivity index (χ2n) is 4.03. The van der Waals surface area contributed by atoms with Gasteiger partial charge in [-0.1, -0.05) is 12.1 Å². The van der Waals surface area contributed by atoms with Gasteiger partial charge in [0.25, 0.3) is 10.0 Å². The Bertz CT molecular complexity index is 721. The Morgan fingerprint density at radius 3 is 2.50 bits per heavy atom. The summed E-state index contributed by atoms with van der Waals surface area (Å²) in [6.07, 6.45) is 1.07. The summed E-state index contributed by atoms with van der Waals surface area (Å²) in [7, 11) is -2.22. The molecule has 2 aromatic rings. The zero-order valence-electron chi connectivity index (χ0n) is 10.5. The van der Waals surface area contributed by atoms with E-state index in [2.05, 4.69) is 14.8 Å². The number of carbonyl (C=O) groups is 1. The van der Waals surface area contributed by atoms with Crippen LogP contribution in [-0.2, 0) is 28.3 Å². The number of hydrogen-bond donors (Lipinski definition) is 2. The van der Waals surface area contributed by atoms with Crippen LogP contribution in [0.25, 0.3) is 0 Å². The molecule has 0 radical (unpaired) electrons. The standard InChI is InChI=1S/C11H12N4O4S/c1-15-11(12-7-13-15)14-20(18,19)9-4-2-8(3-5-9)6-10(16)17/h2-5,7H,6H2,1H3,(H,16,17)(H,12,13,14). The van der Waals surface area contributed by atoms with Crippen molar-refractivity contribution in [2.45, 2.75) is 11.3 Å². The lowest BCUT2D eigenvalue weighted by Crippen LogP contribution is -2.16. The Balaban J connectivity index is 2.22. The molecule has 20 heavy (non-hydrogen) atoms. The lowest BCUT2D eigenvalue weighted by Gasteiger charge is -2.07. The third-order valence-corrected chi connectivity index (χ3v) is 3.87. The Kier molecular flexibility index (Phi) is 3.70. The average molecular weight is 296 g/mol. The van der Waals surface area contributed by atoms with Crippen LogP contribution < -0.4 is 4.72 Å². The van der Waals surface area contributed by atoms with E-state index in [1.807, 2.05) is 0 Å². The number of sulfonamides is 1. The number of nitrogens with zero attached hydrogens (tertiary/aromatic N) is 3. The van der Waals surface area contributed by atoms with Crippen LogP contribution in [0.4, 0.5) is 5.95 Å². The highest BCUT2D eigenvalue weighted by Crippen LogP contribution is 2.14. The van der Waals surface area contributed by atoms with Gasteiger partial charge in [0.1, 0.15) is 6.33 Å². The van der Waals surface area contributed by atoms with Crippen LogP contribution in [0.2, 0.25) is 0 Å².